The van der Waals surface area contributed by atoms with Crippen LogP contribution >= 0.6 is 0 Å². The summed E-state index contributed by atoms with van der Waals surface area (Å²) >= 11 is 0. The van der Waals surface area contributed by atoms with E-state index in [1.807, 2.05) is 12.1 Å². The van der Waals surface area contributed by atoms with Crippen molar-refractivity contribution >= 4 is 5.97 Å². The summed E-state index contributed by atoms with van der Waals surface area (Å²) in [5.41, 5.74) is 1.97. The van der Waals surface area contributed by atoms with Crippen molar-refractivity contribution < 1.29 is 9.90 Å². The first-order chi connectivity index (χ1) is 9.83. The molecule has 1 aromatic carbocycles. The molecule has 1 fully saturated rings. The smallest absolute Gasteiger partial charge is 0.335 e. The zero-order chi connectivity index (χ0) is 15.5. The third-order valence-electron chi connectivity index (χ3n) is 4.11. The third kappa shape index (κ3) is 5.16. The largest absolute Gasteiger partial charge is 0.478 e. The number of aromatic carboxylic acids is 1. The molecule has 0 spiro atoms. The third-order valence-corrected chi connectivity index (χ3v) is 4.11. The van der Waals surface area contributed by atoms with Gasteiger partial charge in [0.05, 0.1) is 5.56 Å². The van der Waals surface area contributed by atoms with Crippen LogP contribution in [0.25, 0.3) is 0 Å². The van der Waals surface area contributed by atoms with Crippen molar-refractivity contribution in [1.29, 1.82) is 0 Å². The average Bonchev–Trinajstić information content (AvgIpc) is 2.37. The minimum atomic E-state index is -0.857. The van der Waals surface area contributed by atoms with Gasteiger partial charge in [-0.25, -0.2) is 4.79 Å². The van der Waals surface area contributed by atoms with Crippen molar-refractivity contribution in [2.45, 2.75) is 46.6 Å². The van der Waals surface area contributed by atoms with E-state index in [9.17, 15) is 4.79 Å². The molecule has 1 saturated heterocycles. The van der Waals surface area contributed by atoms with Crippen LogP contribution in [-0.4, -0.2) is 29.1 Å². The monoisotopic (exact) mass is 289 g/mol. The van der Waals surface area contributed by atoms with Crippen LogP contribution in [0.4, 0.5) is 0 Å². The fraction of sp³-hybridized carbons (Fsp3) is 0.611. The normalized spacial score (nSPS) is 20.4. The summed E-state index contributed by atoms with van der Waals surface area (Å²) < 4.78 is 0. The molecule has 1 unspecified atom stereocenters. The lowest BCUT2D eigenvalue weighted by Crippen LogP contribution is -2.36. The lowest BCUT2D eigenvalue weighted by molar-refractivity contribution is 0.0697. The van der Waals surface area contributed by atoms with E-state index in [1.165, 1.54) is 24.8 Å². The first-order valence-electron chi connectivity index (χ1n) is 7.88. The van der Waals surface area contributed by atoms with E-state index >= 15 is 0 Å². The van der Waals surface area contributed by atoms with Gasteiger partial charge in [-0.3, -0.25) is 4.90 Å². The fourth-order valence-electron chi connectivity index (χ4n) is 3.34. The summed E-state index contributed by atoms with van der Waals surface area (Å²) in [6.07, 6.45) is 3.89. The number of rotatable bonds is 4. The first kappa shape index (κ1) is 16.0. The zero-order valence-corrected chi connectivity index (χ0v) is 13.4. The van der Waals surface area contributed by atoms with Crippen LogP contribution < -0.4 is 0 Å². The number of carboxylic acid groups (broad SMARTS) is 1. The SMILES string of the molecule is CC(C)(C)CC1CCCN(Cc2ccc(C(=O)O)cc2)C1. The number of nitrogens with zero attached hydrogens (tertiary/aromatic N) is 1. The van der Waals surface area contributed by atoms with Crippen LogP contribution in [0.2, 0.25) is 0 Å². The van der Waals surface area contributed by atoms with Crippen molar-refractivity contribution in [3.8, 4) is 0 Å². The standard InChI is InChI=1S/C18H27NO2/c1-18(2,3)11-15-5-4-10-19(13-15)12-14-6-8-16(9-7-14)17(20)21/h6-9,15H,4-5,10-13H2,1-3H3,(H,20,21). The van der Waals surface area contributed by atoms with Gasteiger partial charge in [-0.1, -0.05) is 32.9 Å². The van der Waals surface area contributed by atoms with Crippen LogP contribution in [-0.2, 0) is 6.54 Å². The number of carboxylic acids is 1. The van der Waals surface area contributed by atoms with E-state index in [0.717, 1.165) is 25.6 Å². The number of hydrogen-bond acceptors (Lipinski definition) is 2. The molecule has 0 bridgehead atoms. The van der Waals surface area contributed by atoms with E-state index in [1.54, 1.807) is 12.1 Å². The van der Waals surface area contributed by atoms with Gasteiger partial charge in [0.1, 0.15) is 0 Å². The number of likely N-dealkylation sites (tertiary alicyclic amines) is 1. The molecule has 21 heavy (non-hydrogen) atoms. The lowest BCUT2D eigenvalue weighted by atomic mass is 9.81. The van der Waals surface area contributed by atoms with E-state index in [4.69, 9.17) is 5.11 Å². The molecule has 116 valence electrons. The Balaban J connectivity index is 1.91. The first-order valence-corrected chi connectivity index (χ1v) is 7.88. The molecule has 1 aliphatic heterocycles. The quantitative estimate of drug-likeness (QED) is 0.909. The summed E-state index contributed by atoms with van der Waals surface area (Å²) in [5, 5.41) is 8.93. The molecule has 3 heteroatoms. The van der Waals surface area contributed by atoms with E-state index in [-0.39, 0.29) is 0 Å². The van der Waals surface area contributed by atoms with Gasteiger partial charge in [0, 0.05) is 13.1 Å². The molecule has 2 rings (SSSR count). The second-order valence-corrected chi connectivity index (χ2v) is 7.51. The topological polar surface area (TPSA) is 40.5 Å². The van der Waals surface area contributed by atoms with Crippen molar-refractivity contribution in [3.63, 3.8) is 0 Å². The van der Waals surface area contributed by atoms with Crippen LogP contribution in [0.3, 0.4) is 0 Å². The van der Waals surface area contributed by atoms with Gasteiger partial charge in [-0.2, -0.15) is 0 Å². The Labute approximate surface area is 128 Å². The Morgan fingerprint density at radius 2 is 1.95 bits per heavy atom. The van der Waals surface area contributed by atoms with Gasteiger partial charge in [-0.05, 0) is 54.8 Å². The van der Waals surface area contributed by atoms with Gasteiger partial charge >= 0.3 is 5.97 Å². The van der Waals surface area contributed by atoms with Crippen molar-refractivity contribution in [2.75, 3.05) is 13.1 Å². The molecule has 0 aromatic heterocycles. The average molecular weight is 289 g/mol. The Hall–Kier alpha value is -1.35. The van der Waals surface area contributed by atoms with Crippen molar-refractivity contribution in [2.24, 2.45) is 11.3 Å². The molecule has 0 saturated carbocycles. The molecule has 1 N–H and O–H groups in total. The molecular formula is C18H27NO2. The van der Waals surface area contributed by atoms with Crippen molar-refractivity contribution in [1.82, 2.24) is 4.90 Å². The zero-order valence-electron chi connectivity index (χ0n) is 13.4. The number of benzene rings is 1. The molecule has 1 heterocycles. The van der Waals surface area contributed by atoms with Crippen LogP contribution in [0, 0.1) is 11.3 Å². The highest BCUT2D eigenvalue weighted by Crippen LogP contribution is 2.30. The lowest BCUT2D eigenvalue weighted by Gasteiger charge is -2.35. The van der Waals surface area contributed by atoms with Gasteiger partial charge in [-0.15, -0.1) is 0 Å². The molecule has 0 aliphatic carbocycles. The molecule has 3 nitrogen and oxygen atoms in total. The predicted molar refractivity (Wildman–Crippen MR) is 85.5 cm³/mol. The summed E-state index contributed by atoms with van der Waals surface area (Å²) in [6, 6.07) is 7.29. The summed E-state index contributed by atoms with van der Waals surface area (Å²) in [5.74, 6) is -0.0678. The molecule has 1 atom stereocenters. The van der Waals surface area contributed by atoms with Crippen LogP contribution in [0.15, 0.2) is 24.3 Å². The summed E-state index contributed by atoms with van der Waals surface area (Å²) in [4.78, 5) is 13.4. The molecule has 1 aliphatic rings. The Bertz CT molecular complexity index is 473. The second-order valence-electron chi connectivity index (χ2n) is 7.51. The Morgan fingerprint density at radius 3 is 2.52 bits per heavy atom. The molecular weight excluding hydrogens is 262 g/mol. The van der Waals surface area contributed by atoms with Crippen LogP contribution in [0.5, 0.6) is 0 Å². The second kappa shape index (κ2) is 6.61. The molecule has 0 amide bonds. The molecule has 1 aromatic rings. The highest BCUT2D eigenvalue weighted by Gasteiger charge is 2.24. The van der Waals surface area contributed by atoms with Gasteiger partial charge in [0.2, 0.25) is 0 Å². The number of hydrogen-bond donors (Lipinski definition) is 1. The number of carbonyl (C=O) groups is 1. The fourth-order valence-corrected chi connectivity index (χ4v) is 3.34. The Morgan fingerprint density at radius 1 is 1.29 bits per heavy atom. The maximum Gasteiger partial charge on any atom is 0.335 e. The highest BCUT2D eigenvalue weighted by molar-refractivity contribution is 5.87. The minimum absolute atomic E-state index is 0.364. The maximum absolute atomic E-state index is 10.9. The van der Waals surface area contributed by atoms with Gasteiger partial charge in [0.25, 0.3) is 0 Å². The Kier molecular flexibility index (Phi) is 5.04. The van der Waals surface area contributed by atoms with E-state index < -0.39 is 5.97 Å². The summed E-state index contributed by atoms with van der Waals surface area (Å²) in [7, 11) is 0. The van der Waals surface area contributed by atoms with Crippen molar-refractivity contribution in [3.05, 3.63) is 35.4 Å². The predicted octanol–water partition coefficient (Wildman–Crippen LogP) is 4.03. The van der Waals surface area contributed by atoms with Gasteiger partial charge < -0.3 is 5.11 Å². The number of piperidine rings is 1. The highest BCUT2D eigenvalue weighted by atomic mass is 16.4. The van der Waals surface area contributed by atoms with Crippen LogP contribution in [0.1, 0.15) is 56.0 Å². The van der Waals surface area contributed by atoms with E-state index in [2.05, 4.69) is 25.7 Å². The van der Waals surface area contributed by atoms with Gasteiger partial charge in [0.15, 0.2) is 0 Å². The molecule has 0 radical (unpaired) electrons. The summed E-state index contributed by atoms with van der Waals surface area (Å²) in [6.45, 7) is 10.2. The minimum Gasteiger partial charge on any atom is -0.478 e. The van der Waals surface area contributed by atoms with E-state index in [0.29, 0.717) is 11.0 Å². The maximum atomic E-state index is 10.9.